The molecule has 0 fully saturated rings. The molecule has 0 bridgehead atoms. The molecule has 1 rings (SSSR count). The van der Waals surface area contributed by atoms with Gasteiger partial charge in [0.1, 0.15) is 5.82 Å². The predicted molar refractivity (Wildman–Crippen MR) is 80.3 cm³/mol. The maximum atomic E-state index is 13.4. The number of amides is 1. The summed E-state index contributed by atoms with van der Waals surface area (Å²) in [6.07, 6.45) is 0. The van der Waals surface area contributed by atoms with E-state index in [1.54, 1.807) is 13.0 Å². The number of nitrogens with one attached hydrogen (secondary N) is 2. The Kier molecular flexibility index (Phi) is 5.54. The van der Waals surface area contributed by atoms with Gasteiger partial charge < -0.3 is 5.32 Å². The van der Waals surface area contributed by atoms with Crippen LogP contribution in [0.5, 0.6) is 0 Å². The van der Waals surface area contributed by atoms with Gasteiger partial charge >= 0.3 is 0 Å². The summed E-state index contributed by atoms with van der Waals surface area (Å²) >= 11 is 5.65. The van der Waals surface area contributed by atoms with Gasteiger partial charge in [0.05, 0.1) is 11.1 Å². The first-order valence-corrected chi connectivity index (χ1v) is 7.01. The minimum absolute atomic E-state index is 0.0845. The Labute approximate surface area is 124 Å². The molecule has 2 atom stereocenters. The fraction of sp³-hybridized carbons (Fsp3) is 0.533. The van der Waals surface area contributed by atoms with Gasteiger partial charge in [0.25, 0.3) is 0 Å². The Morgan fingerprint density at radius 1 is 1.30 bits per heavy atom. The molecular weight excluding hydrogens is 279 g/mol. The lowest BCUT2D eigenvalue weighted by Gasteiger charge is -2.25. The van der Waals surface area contributed by atoms with E-state index < -0.39 is 5.82 Å². The summed E-state index contributed by atoms with van der Waals surface area (Å²) in [6, 6.07) is 4.13. The van der Waals surface area contributed by atoms with Crippen LogP contribution in [0.1, 0.15) is 46.2 Å². The zero-order valence-corrected chi connectivity index (χ0v) is 13.3. The summed E-state index contributed by atoms with van der Waals surface area (Å²) in [5, 5.41) is 6.14. The first-order valence-electron chi connectivity index (χ1n) is 6.63. The summed E-state index contributed by atoms with van der Waals surface area (Å²) in [5.41, 5.74) is 0.477. The highest BCUT2D eigenvalue weighted by molar-refractivity contribution is 6.30. The molecule has 3 nitrogen and oxygen atoms in total. The standard InChI is InChI=1S/C15H22ClFN2O/c1-9(11-6-7-12(16)13(17)8-11)18-10(2)14(20)19-15(3,4)5/h6-10,18H,1-5H3,(H,19,20). The highest BCUT2D eigenvalue weighted by Crippen LogP contribution is 2.20. The molecule has 112 valence electrons. The Balaban J connectivity index is 2.67. The Morgan fingerprint density at radius 2 is 1.90 bits per heavy atom. The van der Waals surface area contributed by atoms with Crippen molar-refractivity contribution in [1.82, 2.24) is 10.6 Å². The van der Waals surface area contributed by atoms with E-state index in [1.807, 2.05) is 27.7 Å². The molecule has 0 heterocycles. The van der Waals surface area contributed by atoms with Gasteiger partial charge in [-0.2, -0.15) is 0 Å². The average Bonchev–Trinajstić information content (AvgIpc) is 2.30. The minimum Gasteiger partial charge on any atom is -0.350 e. The molecule has 1 aromatic carbocycles. The summed E-state index contributed by atoms with van der Waals surface area (Å²) in [5.74, 6) is -0.539. The van der Waals surface area contributed by atoms with Crippen LogP contribution in [0.4, 0.5) is 4.39 Å². The van der Waals surface area contributed by atoms with Gasteiger partial charge in [-0.1, -0.05) is 17.7 Å². The number of carbonyl (C=O) groups excluding carboxylic acids is 1. The third kappa shape index (κ3) is 5.10. The first-order chi connectivity index (χ1) is 9.10. The lowest BCUT2D eigenvalue weighted by Crippen LogP contribution is -2.49. The maximum absolute atomic E-state index is 13.4. The van der Waals surface area contributed by atoms with Crippen LogP contribution in [0, 0.1) is 5.82 Å². The predicted octanol–water partition coefficient (Wildman–Crippen LogP) is 3.43. The monoisotopic (exact) mass is 300 g/mol. The lowest BCUT2D eigenvalue weighted by molar-refractivity contribution is -0.124. The van der Waals surface area contributed by atoms with Gasteiger partial charge in [-0.05, 0) is 52.3 Å². The highest BCUT2D eigenvalue weighted by Gasteiger charge is 2.21. The second-order valence-corrected chi connectivity index (χ2v) is 6.43. The second kappa shape index (κ2) is 6.55. The Hall–Kier alpha value is -1.13. The first kappa shape index (κ1) is 16.9. The van der Waals surface area contributed by atoms with E-state index in [-0.39, 0.29) is 28.6 Å². The molecule has 2 N–H and O–H groups in total. The third-order valence-corrected chi connectivity index (χ3v) is 3.14. The van der Waals surface area contributed by atoms with Gasteiger partial charge in [-0.3, -0.25) is 10.1 Å². The molecule has 1 amide bonds. The van der Waals surface area contributed by atoms with Crippen molar-refractivity contribution in [3.63, 3.8) is 0 Å². The van der Waals surface area contributed by atoms with Crippen molar-refractivity contribution in [3.05, 3.63) is 34.6 Å². The largest absolute Gasteiger partial charge is 0.350 e. The molecule has 0 radical (unpaired) electrons. The number of carbonyl (C=O) groups is 1. The molecule has 0 saturated carbocycles. The topological polar surface area (TPSA) is 41.1 Å². The van der Waals surface area contributed by atoms with Crippen molar-refractivity contribution in [2.75, 3.05) is 0 Å². The van der Waals surface area contributed by atoms with Gasteiger partial charge in [0, 0.05) is 11.6 Å². The molecule has 1 aromatic rings. The van der Waals surface area contributed by atoms with Gasteiger partial charge in [0.15, 0.2) is 0 Å². The molecule has 2 unspecified atom stereocenters. The molecular formula is C15H22ClFN2O. The van der Waals surface area contributed by atoms with E-state index in [9.17, 15) is 9.18 Å². The summed E-state index contributed by atoms with van der Waals surface area (Å²) in [6.45, 7) is 9.44. The van der Waals surface area contributed by atoms with E-state index >= 15 is 0 Å². The number of hydrogen-bond acceptors (Lipinski definition) is 2. The van der Waals surface area contributed by atoms with E-state index in [2.05, 4.69) is 10.6 Å². The van der Waals surface area contributed by atoms with Crippen LogP contribution in [0.25, 0.3) is 0 Å². The van der Waals surface area contributed by atoms with Crippen LogP contribution < -0.4 is 10.6 Å². The molecule has 0 aliphatic heterocycles. The third-order valence-electron chi connectivity index (χ3n) is 2.84. The fourth-order valence-corrected chi connectivity index (χ4v) is 1.92. The van der Waals surface area contributed by atoms with Crippen LogP contribution in [0.2, 0.25) is 5.02 Å². The number of halogens is 2. The van der Waals surface area contributed by atoms with E-state index in [0.717, 1.165) is 5.56 Å². The second-order valence-electron chi connectivity index (χ2n) is 6.02. The highest BCUT2D eigenvalue weighted by atomic mass is 35.5. The maximum Gasteiger partial charge on any atom is 0.237 e. The normalized spacial score (nSPS) is 14.8. The average molecular weight is 301 g/mol. The number of rotatable bonds is 4. The summed E-state index contributed by atoms with van der Waals surface area (Å²) in [4.78, 5) is 12.0. The molecule has 0 aromatic heterocycles. The molecule has 0 aliphatic carbocycles. The number of hydrogen-bond donors (Lipinski definition) is 2. The van der Waals surface area contributed by atoms with Crippen molar-refractivity contribution in [1.29, 1.82) is 0 Å². The quantitative estimate of drug-likeness (QED) is 0.894. The Morgan fingerprint density at radius 3 is 2.40 bits per heavy atom. The lowest BCUT2D eigenvalue weighted by atomic mass is 10.1. The fourth-order valence-electron chi connectivity index (χ4n) is 1.81. The van der Waals surface area contributed by atoms with Crippen molar-refractivity contribution < 1.29 is 9.18 Å². The molecule has 0 aliphatic rings. The van der Waals surface area contributed by atoms with E-state index in [0.29, 0.717) is 0 Å². The molecule has 20 heavy (non-hydrogen) atoms. The van der Waals surface area contributed by atoms with Crippen molar-refractivity contribution >= 4 is 17.5 Å². The number of benzene rings is 1. The van der Waals surface area contributed by atoms with Gasteiger partial charge in [-0.25, -0.2) is 4.39 Å². The summed E-state index contributed by atoms with van der Waals surface area (Å²) < 4.78 is 13.4. The minimum atomic E-state index is -0.454. The van der Waals surface area contributed by atoms with E-state index in [4.69, 9.17) is 11.6 Å². The SMILES string of the molecule is CC(NC(C)c1ccc(Cl)c(F)c1)C(=O)NC(C)(C)C. The molecule has 0 spiro atoms. The zero-order valence-electron chi connectivity index (χ0n) is 12.6. The summed E-state index contributed by atoms with van der Waals surface area (Å²) in [7, 11) is 0. The Bertz CT molecular complexity index is 485. The van der Waals surface area contributed by atoms with Crippen LogP contribution in [0.15, 0.2) is 18.2 Å². The van der Waals surface area contributed by atoms with Gasteiger partial charge in [-0.15, -0.1) is 0 Å². The van der Waals surface area contributed by atoms with Crippen LogP contribution in [-0.2, 0) is 4.79 Å². The van der Waals surface area contributed by atoms with Crippen molar-refractivity contribution in [3.8, 4) is 0 Å². The molecule has 5 heteroatoms. The van der Waals surface area contributed by atoms with Crippen LogP contribution in [0.3, 0.4) is 0 Å². The van der Waals surface area contributed by atoms with Crippen LogP contribution >= 0.6 is 11.6 Å². The molecule has 0 saturated heterocycles. The van der Waals surface area contributed by atoms with E-state index in [1.165, 1.54) is 12.1 Å². The van der Waals surface area contributed by atoms with Crippen LogP contribution in [-0.4, -0.2) is 17.5 Å². The van der Waals surface area contributed by atoms with Crippen molar-refractivity contribution in [2.45, 2.75) is 52.2 Å². The smallest absolute Gasteiger partial charge is 0.237 e. The zero-order chi connectivity index (χ0) is 15.5. The van der Waals surface area contributed by atoms with Gasteiger partial charge in [0.2, 0.25) is 5.91 Å². The van der Waals surface area contributed by atoms with Crippen molar-refractivity contribution in [2.24, 2.45) is 0 Å².